The number of carbonyl (C=O) groups excluding carboxylic acids is 2. The molecule has 0 aromatic heterocycles. The van der Waals surface area contributed by atoms with E-state index in [0.29, 0.717) is 43.1 Å². The standard InChI is InChI=1S/C22H26N2O4/c1-3-5-21(25)23-17-8-11-20-19(14-17)24(22(26)15-28-20)12-4-13-27-18-9-6-16(2)7-10-18/h6-11,14H,3-5,12-13,15H2,1-2H3,(H,23,25). The van der Waals surface area contributed by atoms with E-state index in [1.54, 1.807) is 23.1 Å². The minimum atomic E-state index is -0.0973. The Balaban J connectivity index is 1.62. The Kier molecular flexibility index (Phi) is 6.53. The predicted octanol–water partition coefficient (Wildman–Crippen LogP) is 3.93. The van der Waals surface area contributed by atoms with Crippen molar-refractivity contribution >= 4 is 23.2 Å². The summed E-state index contributed by atoms with van der Waals surface area (Å²) in [7, 11) is 0. The lowest BCUT2D eigenvalue weighted by Gasteiger charge is -2.30. The molecule has 0 spiro atoms. The van der Waals surface area contributed by atoms with Crippen molar-refractivity contribution in [2.24, 2.45) is 0 Å². The first-order valence-electron chi connectivity index (χ1n) is 9.63. The molecule has 28 heavy (non-hydrogen) atoms. The molecule has 0 radical (unpaired) electrons. The molecule has 6 nitrogen and oxygen atoms in total. The van der Waals surface area contributed by atoms with Crippen molar-refractivity contribution in [2.45, 2.75) is 33.1 Å². The van der Waals surface area contributed by atoms with E-state index in [0.717, 1.165) is 12.2 Å². The van der Waals surface area contributed by atoms with E-state index in [1.165, 1.54) is 5.56 Å². The first kappa shape index (κ1) is 19.7. The summed E-state index contributed by atoms with van der Waals surface area (Å²) in [5, 5.41) is 2.86. The number of fused-ring (bicyclic) bond motifs is 1. The van der Waals surface area contributed by atoms with Crippen molar-refractivity contribution in [2.75, 3.05) is 30.0 Å². The van der Waals surface area contributed by atoms with Crippen LogP contribution in [0, 0.1) is 6.92 Å². The van der Waals surface area contributed by atoms with Gasteiger partial charge in [0.05, 0.1) is 12.3 Å². The van der Waals surface area contributed by atoms with Gasteiger partial charge in [0.25, 0.3) is 5.91 Å². The summed E-state index contributed by atoms with van der Waals surface area (Å²) in [6.45, 7) is 5.04. The number of ether oxygens (including phenoxy) is 2. The average molecular weight is 382 g/mol. The number of hydrogen-bond acceptors (Lipinski definition) is 4. The molecule has 1 N–H and O–H groups in total. The lowest BCUT2D eigenvalue weighted by atomic mass is 10.2. The molecule has 148 valence electrons. The number of benzene rings is 2. The van der Waals surface area contributed by atoms with Crippen LogP contribution in [-0.4, -0.2) is 31.6 Å². The van der Waals surface area contributed by atoms with E-state index in [9.17, 15) is 9.59 Å². The molecule has 0 unspecified atom stereocenters. The van der Waals surface area contributed by atoms with Crippen LogP contribution >= 0.6 is 0 Å². The maximum absolute atomic E-state index is 12.4. The summed E-state index contributed by atoms with van der Waals surface area (Å²) in [6.07, 6.45) is 1.93. The van der Waals surface area contributed by atoms with Crippen LogP contribution in [0.15, 0.2) is 42.5 Å². The van der Waals surface area contributed by atoms with Crippen LogP contribution < -0.4 is 19.7 Å². The van der Waals surface area contributed by atoms with E-state index >= 15 is 0 Å². The summed E-state index contributed by atoms with van der Waals surface area (Å²) in [4.78, 5) is 25.9. The fourth-order valence-corrected chi connectivity index (χ4v) is 3.02. The maximum atomic E-state index is 12.4. The van der Waals surface area contributed by atoms with Gasteiger partial charge in [-0.3, -0.25) is 9.59 Å². The molecule has 2 aromatic carbocycles. The van der Waals surface area contributed by atoms with Gasteiger partial charge in [0.15, 0.2) is 6.61 Å². The van der Waals surface area contributed by atoms with E-state index in [1.807, 2.05) is 38.1 Å². The first-order chi connectivity index (χ1) is 13.6. The van der Waals surface area contributed by atoms with Crippen LogP contribution in [0.2, 0.25) is 0 Å². The molecular weight excluding hydrogens is 356 g/mol. The second kappa shape index (κ2) is 9.26. The molecule has 0 saturated carbocycles. The van der Waals surface area contributed by atoms with Crippen molar-refractivity contribution in [3.63, 3.8) is 0 Å². The number of hydrogen-bond donors (Lipinski definition) is 1. The lowest BCUT2D eigenvalue weighted by Crippen LogP contribution is -2.39. The Morgan fingerprint density at radius 1 is 1.21 bits per heavy atom. The monoisotopic (exact) mass is 382 g/mol. The van der Waals surface area contributed by atoms with Gasteiger partial charge in [-0.25, -0.2) is 0 Å². The zero-order valence-corrected chi connectivity index (χ0v) is 16.4. The van der Waals surface area contributed by atoms with Crippen molar-refractivity contribution in [3.05, 3.63) is 48.0 Å². The number of nitrogens with zero attached hydrogens (tertiary/aromatic N) is 1. The average Bonchev–Trinajstić information content (AvgIpc) is 2.68. The Hall–Kier alpha value is -3.02. The first-order valence-corrected chi connectivity index (χ1v) is 9.63. The zero-order chi connectivity index (χ0) is 19.9. The van der Waals surface area contributed by atoms with Gasteiger partial charge < -0.3 is 19.7 Å². The molecule has 0 saturated heterocycles. The highest BCUT2D eigenvalue weighted by Crippen LogP contribution is 2.34. The van der Waals surface area contributed by atoms with E-state index in [-0.39, 0.29) is 18.4 Å². The van der Waals surface area contributed by atoms with E-state index in [2.05, 4.69) is 5.32 Å². The number of anilines is 2. The number of rotatable bonds is 8. The SMILES string of the molecule is CCCC(=O)Nc1ccc2c(c1)N(CCCOc1ccc(C)cc1)C(=O)CO2. The van der Waals surface area contributed by atoms with Gasteiger partial charge in [0, 0.05) is 18.7 Å². The quantitative estimate of drug-likeness (QED) is 0.703. The van der Waals surface area contributed by atoms with Gasteiger partial charge in [-0.15, -0.1) is 0 Å². The molecule has 2 aromatic rings. The van der Waals surface area contributed by atoms with Gasteiger partial charge in [-0.1, -0.05) is 24.6 Å². The zero-order valence-electron chi connectivity index (χ0n) is 16.4. The fourth-order valence-electron chi connectivity index (χ4n) is 3.02. The fraction of sp³-hybridized carbons (Fsp3) is 0.364. The molecule has 0 atom stereocenters. The van der Waals surface area contributed by atoms with Gasteiger partial charge in [-0.05, 0) is 50.1 Å². The molecule has 1 heterocycles. The number of amides is 2. The molecule has 6 heteroatoms. The highest BCUT2D eigenvalue weighted by molar-refractivity contribution is 5.99. The van der Waals surface area contributed by atoms with Crippen LogP contribution in [0.5, 0.6) is 11.5 Å². The third kappa shape index (κ3) is 5.03. The molecule has 1 aliphatic heterocycles. The molecule has 1 aliphatic rings. The van der Waals surface area contributed by atoms with Crippen molar-refractivity contribution in [1.82, 2.24) is 0 Å². The summed E-state index contributed by atoms with van der Waals surface area (Å²) < 4.78 is 11.3. The van der Waals surface area contributed by atoms with E-state index < -0.39 is 0 Å². The normalized spacial score (nSPS) is 12.9. The topological polar surface area (TPSA) is 67.9 Å². The Labute approximate surface area is 165 Å². The van der Waals surface area contributed by atoms with Crippen LogP contribution in [-0.2, 0) is 9.59 Å². The number of carbonyl (C=O) groups is 2. The Bertz CT molecular complexity index is 833. The van der Waals surface area contributed by atoms with Crippen LogP contribution in [0.4, 0.5) is 11.4 Å². The van der Waals surface area contributed by atoms with Gasteiger partial charge in [-0.2, -0.15) is 0 Å². The molecule has 3 rings (SSSR count). The second-order valence-electron chi connectivity index (χ2n) is 6.83. The lowest BCUT2D eigenvalue weighted by molar-refractivity contribution is -0.121. The van der Waals surface area contributed by atoms with Crippen LogP contribution in [0.3, 0.4) is 0 Å². The van der Waals surface area contributed by atoms with E-state index in [4.69, 9.17) is 9.47 Å². The van der Waals surface area contributed by atoms with Crippen LogP contribution in [0.1, 0.15) is 31.7 Å². The molecular formula is C22H26N2O4. The Morgan fingerprint density at radius 2 is 2.00 bits per heavy atom. The third-order valence-corrected chi connectivity index (χ3v) is 4.48. The highest BCUT2D eigenvalue weighted by Gasteiger charge is 2.25. The van der Waals surface area contributed by atoms with Gasteiger partial charge in [0.1, 0.15) is 11.5 Å². The largest absolute Gasteiger partial charge is 0.494 e. The summed E-state index contributed by atoms with van der Waals surface area (Å²) >= 11 is 0. The Morgan fingerprint density at radius 3 is 2.75 bits per heavy atom. The molecule has 0 bridgehead atoms. The second-order valence-corrected chi connectivity index (χ2v) is 6.83. The third-order valence-electron chi connectivity index (χ3n) is 4.48. The van der Waals surface area contributed by atoms with Crippen LogP contribution in [0.25, 0.3) is 0 Å². The molecule has 0 fully saturated rings. The number of nitrogens with one attached hydrogen (secondary N) is 1. The summed E-state index contributed by atoms with van der Waals surface area (Å²) in [5.74, 6) is 1.33. The summed E-state index contributed by atoms with van der Waals surface area (Å²) in [5.41, 5.74) is 2.53. The maximum Gasteiger partial charge on any atom is 0.265 e. The minimum absolute atomic E-state index is 0.0212. The van der Waals surface area contributed by atoms with Gasteiger partial charge in [0.2, 0.25) is 5.91 Å². The van der Waals surface area contributed by atoms with Crippen molar-refractivity contribution in [3.8, 4) is 11.5 Å². The minimum Gasteiger partial charge on any atom is -0.494 e. The molecule has 0 aliphatic carbocycles. The smallest absolute Gasteiger partial charge is 0.265 e. The van der Waals surface area contributed by atoms with Crippen molar-refractivity contribution < 1.29 is 19.1 Å². The number of aryl methyl sites for hydroxylation is 1. The van der Waals surface area contributed by atoms with Crippen molar-refractivity contribution in [1.29, 1.82) is 0 Å². The van der Waals surface area contributed by atoms with Gasteiger partial charge >= 0.3 is 0 Å². The predicted molar refractivity (Wildman–Crippen MR) is 109 cm³/mol. The molecule has 2 amide bonds. The summed E-state index contributed by atoms with van der Waals surface area (Å²) in [6, 6.07) is 13.3. The highest BCUT2D eigenvalue weighted by atomic mass is 16.5.